The highest BCUT2D eigenvalue weighted by atomic mass is 35.5. The van der Waals surface area contributed by atoms with Gasteiger partial charge in [0.05, 0.1) is 7.11 Å². The summed E-state index contributed by atoms with van der Waals surface area (Å²) in [6.45, 7) is 0. The minimum atomic E-state index is -1.07. The number of methoxy groups -OCH3 is 1. The number of hydrogen-bond donors (Lipinski definition) is 2. The first-order valence-corrected chi connectivity index (χ1v) is 7.84. The molecule has 3 N–H and O–H groups in total. The van der Waals surface area contributed by atoms with Gasteiger partial charge in [-0.3, -0.25) is 4.79 Å². The van der Waals surface area contributed by atoms with E-state index in [-0.39, 0.29) is 12.4 Å². The zero-order valence-corrected chi connectivity index (χ0v) is 15.6. The second kappa shape index (κ2) is 9.63. The molecule has 0 bridgehead atoms. The zero-order chi connectivity index (χ0) is 17.7. The van der Waals surface area contributed by atoms with E-state index >= 15 is 0 Å². The number of ether oxygens (including phenoxy) is 1. The largest absolute Gasteiger partial charge is 0.467 e. The van der Waals surface area contributed by atoms with Crippen molar-refractivity contribution in [2.45, 2.75) is 12.1 Å². The summed E-state index contributed by atoms with van der Waals surface area (Å²) in [6.07, 6.45) is 0. The quantitative estimate of drug-likeness (QED) is 0.749. The lowest BCUT2D eigenvalue weighted by atomic mass is 10.0. The topological polar surface area (TPSA) is 81.4 Å². The van der Waals surface area contributed by atoms with Gasteiger partial charge in [-0.05, 0) is 17.7 Å². The number of hydrogen-bond acceptors (Lipinski definition) is 4. The van der Waals surface area contributed by atoms with E-state index in [0.717, 1.165) is 0 Å². The molecule has 0 aliphatic heterocycles. The Bertz CT molecular complexity index is 755. The third-order valence-corrected chi connectivity index (χ3v) is 4.15. The van der Waals surface area contributed by atoms with E-state index in [1.165, 1.54) is 7.11 Å². The Morgan fingerprint density at radius 1 is 1.00 bits per heavy atom. The van der Waals surface area contributed by atoms with Gasteiger partial charge in [0.2, 0.25) is 5.91 Å². The molecule has 1 amide bonds. The summed E-state index contributed by atoms with van der Waals surface area (Å²) < 4.78 is 4.75. The average Bonchev–Trinajstić information content (AvgIpc) is 2.59. The number of benzene rings is 2. The third-order valence-electron chi connectivity index (χ3n) is 3.46. The van der Waals surface area contributed by atoms with Gasteiger partial charge in [-0.1, -0.05) is 59.6 Å². The molecule has 134 valence electrons. The number of nitrogens with two attached hydrogens (primary N) is 1. The molecule has 2 rings (SSSR count). The van der Waals surface area contributed by atoms with Crippen molar-refractivity contribution in [1.82, 2.24) is 5.32 Å². The van der Waals surface area contributed by atoms with Crippen LogP contribution in [-0.2, 0) is 14.3 Å². The number of esters is 1. The minimum Gasteiger partial charge on any atom is -0.467 e. The Hall–Kier alpha value is -1.79. The molecule has 8 heteroatoms. The molecule has 2 aromatic rings. The Kier molecular flexibility index (Phi) is 8.19. The molecule has 5 nitrogen and oxygen atoms in total. The van der Waals surface area contributed by atoms with Gasteiger partial charge in [-0.25, -0.2) is 4.79 Å². The summed E-state index contributed by atoms with van der Waals surface area (Å²) >= 11 is 12.2. The van der Waals surface area contributed by atoms with Crippen LogP contribution in [-0.4, -0.2) is 19.0 Å². The summed E-state index contributed by atoms with van der Waals surface area (Å²) in [6, 6.07) is 11.3. The summed E-state index contributed by atoms with van der Waals surface area (Å²) in [5.74, 6) is -1.22. The average molecular weight is 404 g/mol. The second-order valence-corrected chi connectivity index (χ2v) is 5.80. The Morgan fingerprint density at radius 3 is 1.96 bits per heavy atom. The normalized spacial score (nSPS) is 12.5. The molecule has 0 aliphatic carbocycles. The zero-order valence-electron chi connectivity index (χ0n) is 13.2. The smallest absolute Gasteiger partial charge is 0.333 e. The lowest BCUT2D eigenvalue weighted by Gasteiger charge is -2.21. The van der Waals surface area contributed by atoms with E-state index in [1.54, 1.807) is 48.5 Å². The molecule has 25 heavy (non-hydrogen) atoms. The number of rotatable bonds is 5. The van der Waals surface area contributed by atoms with E-state index in [0.29, 0.717) is 21.2 Å². The first kappa shape index (κ1) is 21.3. The number of carbonyl (C=O) groups excluding carboxylic acids is 2. The highest BCUT2D eigenvalue weighted by molar-refractivity contribution is 6.32. The third kappa shape index (κ3) is 5.09. The van der Waals surface area contributed by atoms with Crippen LogP contribution in [0.1, 0.15) is 23.2 Å². The maximum absolute atomic E-state index is 12.5. The summed E-state index contributed by atoms with van der Waals surface area (Å²) in [5.41, 5.74) is 6.84. The highest BCUT2D eigenvalue weighted by Crippen LogP contribution is 2.26. The fourth-order valence-electron chi connectivity index (χ4n) is 2.19. The molecule has 0 heterocycles. The van der Waals surface area contributed by atoms with E-state index in [4.69, 9.17) is 33.7 Å². The van der Waals surface area contributed by atoms with Crippen molar-refractivity contribution in [2.75, 3.05) is 7.11 Å². The van der Waals surface area contributed by atoms with Crippen LogP contribution in [0.15, 0.2) is 48.5 Å². The van der Waals surface area contributed by atoms with Gasteiger partial charge in [0.15, 0.2) is 6.04 Å². The first-order chi connectivity index (χ1) is 11.5. The Labute approximate surface area is 161 Å². The number of halogens is 3. The van der Waals surface area contributed by atoms with Gasteiger partial charge in [-0.2, -0.15) is 0 Å². The van der Waals surface area contributed by atoms with Crippen LogP contribution in [0.25, 0.3) is 0 Å². The van der Waals surface area contributed by atoms with Crippen molar-refractivity contribution in [1.29, 1.82) is 0 Å². The van der Waals surface area contributed by atoms with Crippen molar-refractivity contribution < 1.29 is 14.3 Å². The van der Waals surface area contributed by atoms with Crippen LogP contribution in [0.5, 0.6) is 0 Å². The lowest BCUT2D eigenvalue weighted by molar-refractivity contribution is -0.145. The van der Waals surface area contributed by atoms with Crippen molar-refractivity contribution in [3.05, 3.63) is 69.7 Å². The van der Waals surface area contributed by atoms with E-state index in [2.05, 4.69) is 5.32 Å². The molecule has 0 aliphatic rings. The van der Waals surface area contributed by atoms with Crippen LogP contribution in [0.3, 0.4) is 0 Å². The highest BCUT2D eigenvalue weighted by Gasteiger charge is 2.28. The maximum Gasteiger partial charge on any atom is 0.333 e. The molecule has 2 aromatic carbocycles. The standard InChI is InChI=1S/C17H16Cl2N2O3.ClH/c1-24-17(23)15(11-7-3-5-9-13(11)19)21-16(22)14(20)10-6-2-4-8-12(10)18;/h2-9,14-15H,20H2,1H3,(H,21,22);1H. The summed E-state index contributed by atoms with van der Waals surface area (Å²) in [7, 11) is 1.23. The van der Waals surface area contributed by atoms with Crippen LogP contribution < -0.4 is 11.1 Å². The van der Waals surface area contributed by atoms with Gasteiger partial charge in [0.1, 0.15) is 6.04 Å². The van der Waals surface area contributed by atoms with Gasteiger partial charge in [0.25, 0.3) is 0 Å². The van der Waals surface area contributed by atoms with E-state index in [1.807, 2.05) is 0 Å². The predicted octanol–water partition coefficient (Wildman–Crippen LogP) is 3.45. The number of carbonyl (C=O) groups is 2. The fraction of sp³-hybridized carbons (Fsp3) is 0.176. The molecule has 2 unspecified atom stereocenters. The molecule has 0 fully saturated rings. The minimum absolute atomic E-state index is 0. The van der Waals surface area contributed by atoms with Crippen molar-refractivity contribution in [2.24, 2.45) is 5.73 Å². The first-order valence-electron chi connectivity index (χ1n) is 7.08. The van der Waals surface area contributed by atoms with E-state index in [9.17, 15) is 9.59 Å². The lowest BCUT2D eigenvalue weighted by Crippen LogP contribution is -2.40. The van der Waals surface area contributed by atoms with Crippen molar-refractivity contribution >= 4 is 47.5 Å². The van der Waals surface area contributed by atoms with Crippen LogP contribution in [0.2, 0.25) is 10.0 Å². The van der Waals surface area contributed by atoms with Crippen LogP contribution in [0, 0.1) is 0 Å². The molecule has 0 saturated heterocycles. The summed E-state index contributed by atoms with van der Waals surface area (Å²) in [5, 5.41) is 3.27. The predicted molar refractivity (Wildman–Crippen MR) is 100.0 cm³/mol. The van der Waals surface area contributed by atoms with Crippen LogP contribution >= 0.6 is 35.6 Å². The molecular formula is C17H17Cl3N2O3. The molecular weight excluding hydrogens is 387 g/mol. The van der Waals surface area contributed by atoms with E-state index < -0.39 is 24.0 Å². The van der Waals surface area contributed by atoms with Gasteiger partial charge >= 0.3 is 5.97 Å². The van der Waals surface area contributed by atoms with Crippen molar-refractivity contribution in [3.63, 3.8) is 0 Å². The monoisotopic (exact) mass is 402 g/mol. The van der Waals surface area contributed by atoms with Gasteiger partial charge in [0, 0.05) is 15.6 Å². The van der Waals surface area contributed by atoms with Crippen molar-refractivity contribution in [3.8, 4) is 0 Å². The summed E-state index contributed by atoms with van der Waals surface area (Å²) in [4.78, 5) is 24.5. The van der Waals surface area contributed by atoms with Crippen LogP contribution in [0.4, 0.5) is 0 Å². The fourth-order valence-corrected chi connectivity index (χ4v) is 2.69. The number of amides is 1. The maximum atomic E-state index is 12.5. The molecule has 0 spiro atoms. The Morgan fingerprint density at radius 2 is 1.48 bits per heavy atom. The molecule has 2 atom stereocenters. The van der Waals surface area contributed by atoms with Gasteiger partial charge < -0.3 is 15.8 Å². The second-order valence-electron chi connectivity index (χ2n) is 4.99. The molecule has 0 radical (unpaired) electrons. The number of nitrogens with one attached hydrogen (secondary N) is 1. The molecule has 0 saturated carbocycles. The SMILES string of the molecule is COC(=O)C(NC(=O)C(N)c1ccccc1Cl)c1ccccc1Cl.Cl. The van der Waals surface area contributed by atoms with Gasteiger partial charge in [-0.15, -0.1) is 12.4 Å². The Balaban J connectivity index is 0.00000312. The molecule has 0 aromatic heterocycles.